The van der Waals surface area contributed by atoms with Gasteiger partial charge >= 0.3 is 11.9 Å². The molecule has 1 heterocycles. The molecule has 166 valence electrons. The molecule has 3 aromatic rings. The highest BCUT2D eigenvalue weighted by atomic mass is 35.5. The van der Waals surface area contributed by atoms with Crippen LogP contribution in [0.15, 0.2) is 66.7 Å². The number of fused-ring (bicyclic) bond motifs is 1. The molecule has 8 heteroatoms. The van der Waals surface area contributed by atoms with E-state index in [0.717, 1.165) is 54.1 Å². The zero-order valence-electron chi connectivity index (χ0n) is 17.3. The average Bonchev–Trinajstić information content (AvgIpc) is 2.80. The van der Waals surface area contributed by atoms with Gasteiger partial charge in [0.2, 0.25) is 0 Å². The molecule has 0 bridgehead atoms. The Kier molecular flexibility index (Phi) is 7.81. The van der Waals surface area contributed by atoms with Gasteiger partial charge in [0.05, 0.1) is 0 Å². The SMILES string of the molecule is O=C(O)C(=O)O.O=C(c1cccc2ccccc12)N1CCN(Cc2ccc(Cl)cc2)CC1. The first kappa shape index (κ1) is 23.2. The number of carbonyl (C=O) groups excluding carboxylic acids is 1. The summed E-state index contributed by atoms with van der Waals surface area (Å²) in [5.41, 5.74) is 2.05. The molecular weight excluding hydrogens is 432 g/mol. The molecule has 4 rings (SSSR count). The lowest BCUT2D eigenvalue weighted by molar-refractivity contribution is -0.159. The Morgan fingerprint density at radius 1 is 0.781 bits per heavy atom. The first-order valence-corrected chi connectivity index (χ1v) is 10.4. The highest BCUT2D eigenvalue weighted by Gasteiger charge is 2.23. The number of hydrogen-bond donors (Lipinski definition) is 2. The van der Waals surface area contributed by atoms with Crippen molar-refractivity contribution in [2.75, 3.05) is 26.2 Å². The average molecular weight is 455 g/mol. The fourth-order valence-electron chi connectivity index (χ4n) is 3.54. The molecule has 0 aromatic heterocycles. The van der Waals surface area contributed by atoms with Crippen LogP contribution in [0.4, 0.5) is 0 Å². The number of carbonyl (C=O) groups is 3. The molecule has 1 aliphatic rings. The van der Waals surface area contributed by atoms with Gasteiger partial charge < -0.3 is 15.1 Å². The normalized spacial score (nSPS) is 13.8. The van der Waals surface area contributed by atoms with E-state index in [1.54, 1.807) is 0 Å². The minimum absolute atomic E-state index is 0.132. The van der Waals surface area contributed by atoms with Crippen molar-refractivity contribution in [2.24, 2.45) is 0 Å². The van der Waals surface area contributed by atoms with E-state index in [0.29, 0.717) is 0 Å². The third-order valence-corrected chi connectivity index (χ3v) is 5.43. The zero-order chi connectivity index (χ0) is 23.1. The Bertz CT molecular complexity index is 1090. The number of carboxylic acid groups (broad SMARTS) is 2. The van der Waals surface area contributed by atoms with Crippen LogP contribution in [0.5, 0.6) is 0 Å². The van der Waals surface area contributed by atoms with E-state index < -0.39 is 11.9 Å². The van der Waals surface area contributed by atoms with Crippen LogP contribution in [0.3, 0.4) is 0 Å². The second-order valence-electron chi connectivity index (χ2n) is 7.33. The Morgan fingerprint density at radius 3 is 2.00 bits per heavy atom. The van der Waals surface area contributed by atoms with Gasteiger partial charge in [-0.1, -0.05) is 60.1 Å². The lowest BCUT2D eigenvalue weighted by atomic mass is 10.0. The third kappa shape index (κ3) is 6.06. The smallest absolute Gasteiger partial charge is 0.414 e. The summed E-state index contributed by atoms with van der Waals surface area (Å²) in [5, 5.41) is 17.7. The zero-order valence-corrected chi connectivity index (χ0v) is 18.0. The Hall–Kier alpha value is -3.42. The Labute approximate surface area is 190 Å². The highest BCUT2D eigenvalue weighted by Crippen LogP contribution is 2.21. The fraction of sp³-hybridized carbons (Fsp3) is 0.208. The molecule has 1 aliphatic heterocycles. The summed E-state index contributed by atoms with van der Waals surface area (Å²) in [6.07, 6.45) is 0. The van der Waals surface area contributed by atoms with E-state index >= 15 is 0 Å². The largest absolute Gasteiger partial charge is 0.473 e. The number of piperazine rings is 1. The van der Waals surface area contributed by atoms with Crippen LogP contribution < -0.4 is 0 Å². The summed E-state index contributed by atoms with van der Waals surface area (Å²) in [6, 6.07) is 22.0. The molecule has 0 saturated carbocycles. The van der Waals surface area contributed by atoms with Gasteiger partial charge in [-0.3, -0.25) is 9.69 Å². The van der Waals surface area contributed by atoms with Crippen molar-refractivity contribution in [3.63, 3.8) is 0 Å². The molecular formula is C24H23ClN2O5. The standard InChI is InChI=1S/C22H21ClN2O.C2H2O4/c23-19-10-8-17(9-11-19)16-24-12-14-25(15-13-24)22(26)21-7-3-5-18-4-1-2-6-20(18)21;3-1(4)2(5)6/h1-11H,12-16H2;(H,3,4)(H,5,6). The fourth-order valence-corrected chi connectivity index (χ4v) is 3.67. The second-order valence-corrected chi connectivity index (χ2v) is 7.77. The molecule has 1 saturated heterocycles. The molecule has 0 radical (unpaired) electrons. The van der Waals surface area contributed by atoms with Crippen LogP contribution >= 0.6 is 11.6 Å². The summed E-state index contributed by atoms with van der Waals surface area (Å²) in [5.74, 6) is -3.52. The number of nitrogens with zero attached hydrogens (tertiary/aromatic N) is 2. The van der Waals surface area contributed by atoms with Gasteiger partial charge in [-0.15, -0.1) is 0 Å². The molecule has 0 unspecified atom stereocenters. The van der Waals surface area contributed by atoms with E-state index in [4.69, 9.17) is 31.4 Å². The van der Waals surface area contributed by atoms with Crippen molar-refractivity contribution in [3.8, 4) is 0 Å². The number of halogens is 1. The summed E-state index contributed by atoms with van der Waals surface area (Å²) in [4.78, 5) is 35.6. The number of carboxylic acids is 2. The molecule has 1 fully saturated rings. The van der Waals surface area contributed by atoms with E-state index in [-0.39, 0.29) is 5.91 Å². The van der Waals surface area contributed by atoms with Gasteiger partial charge in [0.25, 0.3) is 5.91 Å². The molecule has 0 atom stereocenters. The predicted octanol–water partition coefficient (Wildman–Crippen LogP) is 3.61. The van der Waals surface area contributed by atoms with E-state index in [1.165, 1.54) is 5.56 Å². The van der Waals surface area contributed by atoms with Crippen molar-refractivity contribution >= 4 is 40.2 Å². The maximum absolute atomic E-state index is 13.0. The maximum Gasteiger partial charge on any atom is 0.414 e. The number of benzene rings is 3. The van der Waals surface area contributed by atoms with Gasteiger partial charge in [-0.05, 0) is 34.5 Å². The van der Waals surface area contributed by atoms with E-state index in [1.807, 2.05) is 47.4 Å². The van der Waals surface area contributed by atoms with Crippen molar-refractivity contribution in [2.45, 2.75) is 6.54 Å². The second kappa shape index (κ2) is 10.7. The third-order valence-electron chi connectivity index (χ3n) is 5.18. The summed E-state index contributed by atoms with van der Waals surface area (Å²) in [7, 11) is 0. The van der Waals surface area contributed by atoms with Crippen LogP contribution in [0.2, 0.25) is 5.02 Å². The Morgan fingerprint density at radius 2 is 1.38 bits per heavy atom. The molecule has 3 aromatic carbocycles. The number of hydrogen-bond acceptors (Lipinski definition) is 4. The molecule has 7 nitrogen and oxygen atoms in total. The highest BCUT2D eigenvalue weighted by molar-refractivity contribution is 6.30. The number of aliphatic carboxylic acids is 2. The lowest BCUT2D eigenvalue weighted by Gasteiger charge is -2.35. The van der Waals surface area contributed by atoms with Crippen molar-refractivity contribution in [3.05, 3.63) is 82.9 Å². The van der Waals surface area contributed by atoms with E-state index in [9.17, 15) is 4.79 Å². The first-order chi connectivity index (χ1) is 15.3. The van der Waals surface area contributed by atoms with Crippen LogP contribution in [0.25, 0.3) is 10.8 Å². The predicted molar refractivity (Wildman–Crippen MR) is 122 cm³/mol. The maximum atomic E-state index is 13.0. The summed E-state index contributed by atoms with van der Waals surface area (Å²) in [6.45, 7) is 4.19. The van der Waals surface area contributed by atoms with Gasteiger partial charge in [-0.25, -0.2) is 9.59 Å². The topological polar surface area (TPSA) is 98.1 Å². The molecule has 2 N–H and O–H groups in total. The molecule has 0 aliphatic carbocycles. The number of amides is 1. The summed E-state index contributed by atoms with van der Waals surface area (Å²) >= 11 is 5.95. The Balaban J connectivity index is 0.000000427. The number of rotatable bonds is 3. The minimum atomic E-state index is -1.82. The van der Waals surface area contributed by atoms with Crippen LogP contribution in [0.1, 0.15) is 15.9 Å². The van der Waals surface area contributed by atoms with Crippen LogP contribution in [-0.4, -0.2) is 64.0 Å². The molecule has 1 amide bonds. The lowest BCUT2D eigenvalue weighted by Crippen LogP contribution is -2.48. The minimum Gasteiger partial charge on any atom is -0.473 e. The monoisotopic (exact) mass is 454 g/mol. The van der Waals surface area contributed by atoms with Crippen LogP contribution in [0, 0.1) is 0 Å². The van der Waals surface area contributed by atoms with Crippen molar-refractivity contribution in [1.29, 1.82) is 0 Å². The first-order valence-electron chi connectivity index (χ1n) is 10.0. The van der Waals surface area contributed by atoms with E-state index in [2.05, 4.69) is 29.2 Å². The quantitative estimate of drug-likeness (QED) is 0.587. The van der Waals surface area contributed by atoms with Gasteiger partial charge in [0.15, 0.2) is 0 Å². The van der Waals surface area contributed by atoms with Gasteiger partial charge in [0, 0.05) is 43.3 Å². The van der Waals surface area contributed by atoms with Crippen LogP contribution in [-0.2, 0) is 16.1 Å². The molecule has 0 spiro atoms. The molecule has 32 heavy (non-hydrogen) atoms. The van der Waals surface area contributed by atoms with Gasteiger partial charge in [0.1, 0.15) is 0 Å². The van der Waals surface area contributed by atoms with Crippen molar-refractivity contribution in [1.82, 2.24) is 9.80 Å². The van der Waals surface area contributed by atoms with Crippen molar-refractivity contribution < 1.29 is 24.6 Å². The summed E-state index contributed by atoms with van der Waals surface area (Å²) < 4.78 is 0. The van der Waals surface area contributed by atoms with Gasteiger partial charge in [-0.2, -0.15) is 0 Å².